The first-order valence-electron chi connectivity index (χ1n) is 11.1. The number of nitriles is 1. The van der Waals surface area contributed by atoms with Gasteiger partial charge in [0.25, 0.3) is 5.56 Å². The lowest BCUT2D eigenvalue weighted by Gasteiger charge is -2.39. The number of nitrogens with zero attached hydrogens (tertiary/aromatic N) is 5. The second-order valence-corrected chi connectivity index (χ2v) is 8.30. The van der Waals surface area contributed by atoms with Crippen LogP contribution in [0.15, 0.2) is 41.3 Å². The largest absolute Gasteiger partial charge is 0.474 e. The molecular weight excluding hydrogens is 463 g/mol. The summed E-state index contributed by atoms with van der Waals surface area (Å²) in [6, 6.07) is 8.97. The SMILES string of the molecule is CCOCC1CN(c2cc(=O)n(C)c3ccc(C#N)nc23)CC[C@@H]1Oc1ccc(C(F)(F)F)cn1. The van der Waals surface area contributed by atoms with E-state index in [-0.39, 0.29) is 29.2 Å². The van der Waals surface area contributed by atoms with Gasteiger partial charge in [0.15, 0.2) is 0 Å². The number of aromatic nitrogens is 3. The highest BCUT2D eigenvalue weighted by molar-refractivity contribution is 5.88. The number of piperidine rings is 1. The fraction of sp³-hybridized carbons (Fsp3) is 0.417. The molecule has 0 N–H and O–H groups in total. The molecule has 0 bridgehead atoms. The first kappa shape index (κ1) is 24.5. The molecule has 184 valence electrons. The Labute approximate surface area is 199 Å². The number of rotatable bonds is 6. The van der Waals surface area contributed by atoms with Gasteiger partial charge in [-0.2, -0.15) is 18.4 Å². The number of halogens is 3. The van der Waals surface area contributed by atoms with Gasteiger partial charge in [-0.3, -0.25) is 4.79 Å². The van der Waals surface area contributed by atoms with Crippen LogP contribution in [0.5, 0.6) is 5.88 Å². The molecule has 1 aliphatic rings. The minimum Gasteiger partial charge on any atom is -0.474 e. The summed E-state index contributed by atoms with van der Waals surface area (Å²) in [7, 11) is 1.65. The Morgan fingerprint density at radius 1 is 1.26 bits per heavy atom. The summed E-state index contributed by atoms with van der Waals surface area (Å²) in [6.45, 7) is 3.69. The van der Waals surface area contributed by atoms with E-state index in [4.69, 9.17) is 9.47 Å². The number of pyridine rings is 3. The van der Waals surface area contributed by atoms with E-state index in [1.54, 1.807) is 19.2 Å². The van der Waals surface area contributed by atoms with Crippen molar-refractivity contribution in [2.45, 2.75) is 25.6 Å². The normalized spacial score (nSPS) is 18.5. The highest BCUT2D eigenvalue weighted by Gasteiger charge is 2.34. The zero-order valence-electron chi connectivity index (χ0n) is 19.2. The van der Waals surface area contributed by atoms with Gasteiger partial charge in [-0.1, -0.05) is 0 Å². The molecule has 0 aromatic carbocycles. The molecule has 4 heterocycles. The van der Waals surface area contributed by atoms with Crippen molar-refractivity contribution in [1.82, 2.24) is 14.5 Å². The maximum Gasteiger partial charge on any atom is 0.417 e. The molecule has 0 aliphatic carbocycles. The van der Waals surface area contributed by atoms with Crippen molar-refractivity contribution in [3.05, 3.63) is 58.1 Å². The molecule has 0 amide bonds. The van der Waals surface area contributed by atoms with E-state index in [0.29, 0.717) is 49.4 Å². The summed E-state index contributed by atoms with van der Waals surface area (Å²) in [4.78, 5) is 22.9. The Balaban J connectivity index is 1.61. The molecule has 1 fully saturated rings. The van der Waals surface area contributed by atoms with Gasteiger partial charge in [0.1, 0.15) is 23.4 Å². The van der Waals surface area contributed by atoms with Gasteiger partial charge < -0.3 is 18.9 Å². The van der Waals surface area contributed by atoms with Crippen molar-refractivity contribution in [3.8, 4) is 11.9 Å². The maximum atomic E-state index is 12.8. The first-order chi connectivity index (χ1) is 16.7. The van der Waals surface area contributed by atoms with E-state index in [1.165, 1.54) is 16.7 Å². The van der Waals surface area contributed by atoms with E-state index < -0.39 is 11.7 Å². The zero-order valence-corrected chi connectivity index (χ0v) is 19.2. The number of alkyl halides is 3. The monoisotopic (exact) mass is 487 g/mol. The zero-order chi connectivity index (χ0) is 25.2. The number of hydrogen-bond acceptors (Lipinski definition) is 7. The number of anilines is 1. The summed E-state index contributed by atoms with van der Waals surface area (Å²) in [5.41, 5.74) is 0.980. The van der Waals surface area contributed by atoms with Crippen molar-refractivity contribution in [3.63, 3.8) is 0 Å². The van der Waals surface area contributed by atoms with Gasteiger partial charge in [-0.05, 0) is 25.1 Å². The van der Waals surface area contributed by atoms with E-state index in [2.05, 4.69) is 9.97 Å². The Bertz CT molecular complexity index is 1300. The smallest absolute Gasteiger partial charge is 0.417 e. The Morgan fingerprint density at radius 2 is 2.06 bits per heavy atom. The van der Waals surface area contributed by atoms with Crippen molar-refractivity contribution in [2.75, 3.05) is 31.2 Å². The van der Waals surface area contributed by atoms with Gasteiger partial charge in [0, 0.05) is 57.4 Å². The average Bonchev–Trinajstić information content (AvgIpc) is 2.85. The molecule has 2 atom stereocenters. The van der Waals surface area contributed by atoms with Crippen LogP contribution in [-0.2, 0) is 18.0 Å². The van der Waals surface area contributed by atoms with Crippen LogP contribution in [0.4, 0.5) is 18.9 Å². The minimum atomic E-state index is -4.47. The number of ether oxygens (including phenoxy) is 2. The maximum absolute atomic E-state index is 12.8. The Kier molecular flexibility index (Phi) is 6.93. The molecule has 1 saturated heterocycles. The van der Waals surface area contributed by atoms with Crippen molar-refractivity contribution in [2.24, 2.45) is 13.0 Å². The highest BCUT2D eigenvalue weighted by Crippen LogP contribution is 2.32. The summed E-state index contributed by atoms with van der Waals surface area (Å²) < 4.78 is 51.7. The summed E-state index contributed by atoms with van der Waals surface area (Å²) in [5, 5.41) is 9.30. The first-order valence-corrected chi connectivity index (χ1v) is 11.1. The molecule has 0 spiro atoms. The lowest BCUT2D eigenvalue weighted by molar-refractivity contribution is -0.137. The van der Waals surface area contributed by atoms with Crippen molar-refractivity contribution in [1.29, 1.82) is 5.26 Å². The number of aryl methyl sites for hydroxylation is 1. The minimum absolute atomic E-state index is 0.109. The molecule has 8 nitrogen and oxygen atoms in total. The second-order valence-electron chi connectivity index (χ2n) is 8.30. The Morgan fingerprint density at radius 3 is 2.71 bits per heavy atom. The summed E-state index contributed by atoms with van der Waals surface area (Å²) in [6.07, 6.45) is -3.53. The molecule has 0 saturated carbocycles. The third-order valence-electron chi connectivity index (χ3n) is 6.06. The summed E-state index contributed by atoms with van der Waals surface area (Å²) >= 11 is 0. The van der Waals surface area contributed by atoms with E-state index >= 15 is 0 Å². The van der Waals surface area contributed by atoms with Gasteiger partial charge in [0.2, 0.25) is 5.88 Å². The third-order valence-corrected chi connectivity index (χ3v) is 6.06. The molecule has 11 heteroatoms. The fourth-order valence-corrected chi connectivity index (χ4v) is 4.20. The molecule has 3 aromatic heterocycles. The number of hydrogen-bond donors (Lipinski definition) is 0. The average molecular weight is 487 g/mol. The topological polar surface area (TPSA) is 93.3 Å². The van der Waals surface area contributed by atoms with Crippen LogP contribution in [0.2, 0.25) is 0 Å². The quantitative estimate of drug-likeness (QED) is 0.525. The molecule has 1 aliphatic heterocycles. The fourth-order valence-electron chi connectivity index (χ4n) is 4.20. The van der Waals surface area contributed by atoms with Crippen molar-refractivity contribution < 1.29 is 22.6 Å². The predicted molar refractivity (Wildman–Crippen MR) is 122 cm³/mol. The van der Waals surface area contributed by atoms with Gasteiger partial charge in [0.05, 0.1) is 23.4 Å². The highest BCUT2D eigenvalue weighted by atomic mass is 19.4. The van der Waals surface area contributed by atoms with Crippen LogP contribution in [-0.4, -0.2) is 46.9 Å². The molecule has 3 aromatic rings. The lowest BCUT2D eigenvalue weighted by atomic mass is 9.94. The summed E-state index contributed by atoms with van der Waals surface area (Å²) in [5.74, 6) is -0.0386. The molecule has 35 heavy (non-hydrogen) atoms. The van der Waals surface area contributed by atoms with Crippen LogP contribution >= 0.6 is 0 Å². The van der Waals surface area contributed by atoms with E-state index in [1.807, 2.05) is 17.9 Å². The van der Waals surface area contributed by atoms with Gasteiger partial charge >= 0.3 is 6.18 Å². The van der Waals surface area contributed by atoms with Crippen LogP contribution in [0.1, 0.15) is 24.6 Å². The molecular formula is C24H24F3N5O3. The molecule has 1 unspecified atom stereocenters. The number of fused-ring (bicyclic) bond motifs is 1. The molecule has 4 rings (SSSR count). The third kappa shape index (κ3) is 5.22. The van der Waals surface area contributed by atoms with Gasteiger partial charge in [-0.15, -0.1) is 0 Å². The lowest BCUT2D eigenvalue weighted by Crippen LogP contribution is -2.48. The predicted octanol–water partition coefficient (Wildman–Crippen LogP) is 3.53. The Hall–Kier alpha value is -3.65. The van der Waals surface area contributed by atoms with E-state index in [9.17, 15) is 23.2 Å². The van der Waals surface area contributed by atoms with Crippen LogP contribution in [0.3, 0.4) is 0 Å². The molecule has 0 radical (unpaired) electrons. The van der Waals surface area contributed by atoms with Gasteiger partial charge in [-0.25, -0.2) is 9.97 Å². The van der Waals surface area contributed by atoms with Crippen LogP contribution in [0.25, 0.3) is 11.0 Å². The van der Waals surface area contributed by atoms with E-state index in [0.717, 1.165) is 12.3 Å². The second kappa shape index (κ2) is 9.92. The van der Waals surface area contributed by atoms with Crippen molar-refractivity contribution >= 4 is 16.7 Å². The standard InChI is InChI=1S/C24H24F3N5O3/c1-3-34-14-15-13-32(9-8-20(15)35-21-7-4-16(12-29-21)24(25,26)27)19-10-22(33)31(2)18-6-5-17(11-28)30-23(18)19/h4-7,10,12,15,20H,3,8-9,13-14H2,1-2H3/t15?,20-/m0/s1. The van der Waals surface area contributed by atoms with Crippen LogP contribution in [0, 0.1) is 17.2 Å². The van der Waals surface area contributed by atoms with Crippen LogP contribution < -0.4 is 15.2 Å².